The SMILES string of the molecule is CCCOc1cc(C)ccc1NC(=O)C(C)N.Cl. The van der Waals surface area contributed by atoms with Crippen molar-refractivity contribution in [2.45, 2.75) is 33.2 Å². The molecule has 1 amide bonds. The molecular formula is C13H21ClN2O2. The van der Waals surface area contributed by atoms with Gasteiger partial charge in [0.25, 0.3) is 0 Å². The molecule has 0 aromatic heterocycles. The summed E-state index contributed by atoms with van der Waals surface area (Å²) < 4.78 is 5.59. The van der Waals surface area contributed by atoms with Crippen LogP contribution in [0.2, 0.25) is 0 Å². The smallest absolute Gasteiger partial charge is 0.241 e. The number of nitrogens with two attached hydrogens (primary N) is 1. The standard InChI is InChI=1S/C13H20N2O2.ClH/c1-4-7-17-12-8-9(2)5-6-11(12)15-13(16)10(3)14;/h5-6,8,10H,4,7,14H2,1-3H3,(H,15,16);1H. The summed E-state index contributed by atoms with van der Waals surface area (Å²) in [6.07, 6.45) is 0.925. The van der Waals surface area contributed by atoms with Crippen molar-refractivity contribution >= 4 is 24.0 Å². The molecule has 1 atom stereocenters. The number of hydrogen-bond donors (Lipinski definition) is 2. The van der Waals surface area contributed by atoms with E-state index in [0.29, 0.717) is 18.0 Å². The number of nitrogens with one attached hydrogen (secondary N) is 1. The third kappa shape index (κ3) is 4.94. The molecule has 0 bridgehead atoms. The van der Waals surface area contributed by atoms with Crippen LogP contribution in [0, 0.1) is 6.92 Å². The predicted molar refractivity (Wildman–Crippen MR) is 76.5 cm³/mol. The first-order valence-electron chi connectivity index (χ1n) is 5.84. The second kappa shape index (κ2) is 7.95. The number of hydrogen-bond acceptors (Lipinski definition) is 3. The molecule has 0 heterocycles. The molecule has 102 valence electrons. The van der Waals surface area contributed by atoms with Crippen molar-refractivity contribution in [1.82, 2.24) is 0 Å². The first kappa shape index (κ1) is 16.7. The van der Waals surface area contributed by atoms with Gasteiger partial charge < -0.3 is 15.8 Å². The highest BCUT2D eigenvalue weighted by molar-refractivity contribution is 5.95. The molecule has 1 aromatic rings. The highest BCUT2D eigenvalue weighted by atomic mass is 35.5. The molecule has 0 spiro atoms. The Bertz CT molecular complexity index is 395. The van der Waals surface area contributed by atoms with Gasteiger partial charge in [-0.05, 0) is 38.0 Å². The van der Waals surface area contributed by atoms with Crippen molar-refractivity contribution in [2.24, 2.45) is 5.73 Å². The van der Waals surface area contributed by atoms with Gasteiger partial charge in [-0.25, -0.2) is 0 Å². The number of carbonyl (C=O) groups is 1. The van der Waals surface area contributed by atoms with E-state index in [9.17, 15) is 4.79 Å². The van der Waals surface area contributed by atoms with Crippen LogP contribution in [0.1, 0.15) is 25.8 Å². The zero-order chi connectivity index (χ0) is 12.8. The number of amides is 1. The molecule has 0 saturated heterocycles. The summed E-state index contributed by atoms with van der Waals surface area (Å²) in [5.74, 6) is 0.482. The van der Waals surface area contributed by atoms with Crippen LogP contribution < -0.4 is 15.8 Å². The normalized spacial score (nSPS) is 11.3. The Kier molecular flexibility index (Phi) is 7.39. The maximum atomic E-state index is 11.5. The summed E-state index contributed by atoms with van der Waals surface area (Å²) in [6.45, 7) is 6.30. The first-order chi connectivity index (χ1) is 8.04. The van der Waals surface area contributed by atoms with Crippen LogP contribution in [0.4, 0.5) is 5.69 Å². The fraction of sp³-hybridized carbons (Fsp3) is 0.462. The minimum Gasteiger partial charge on any atom is -0.491 e. The van der Waals surface area contributed by atoms with Crippen molar-refractivity contribution in [3.63, 3.8) is 0 Å². The lowest BCUT2D eigenvalue weighted by Crippen LogP contribution is -2.32. The monoisotopic (exact) mass is 272 g/mol. The van der Waals surface area contributed by atoms with Gasteiger partial charge in [0.15, 0.2) is 0 Å². The van der Waals surface area contributed by atoms with E-state index >= 15 is 0 Å². The van der Waals surface area contributed by atoms with Gasteiger partial charge in [-0.15, -0.1) is 12.4 Å². The molecule has 0 aliphatic carbocycles. The highest BCUT2D eigenvalue weighted by Gasteiger charge is 2.11. The molecule has 0 fully saturated rings. The van der Waals surface area contributed by atoms with E-state index in [-0.39, 0.29) is 18.3 Å². The van der Waals surface area contributed by atoms with Gasteiger partial charge in [-0.3, -0.25) is 4.79 Å². The van der Waals surface area contributed by atoms with Crippen molar-refractivity contribution in [3.05, 3.63) is 23.8 Å². The van der Waals surface area contributed by atoms with Gasteiger partial charge in [0.1, 0.15) is 5.75 Å². The summed E-state index contributed by atoms with van der Waals surface area (Å²) >= 11 is 0. The number of rotatable bonds is 5. The van der Waals surface area contributed by atoms with E-state index in [4.69, 9.17) is 10.5 Å². The van der Waals surface area contributed by atoms with E-state index in [1.165, 1.54) is 0 Å². The molecule has 1 aromatic carbocycles. The number of anilines is 1. The Labute approximate surface area is 114 Å². The number of ether oxygens (including phenoxy) is 1. The maximum absolute atomic E-state index is 11.5. The van der Waals surface area contributed by atoms with Crippen LogP contribution in [0.3, 0.4) is 0 Å². The molecule has 0 aliphatic heterocycles. The molecule has 0 radical (unpaired) electrons. The van der Waals surface area contributed by atoms with Crippen LogP contribution in [-0.2, 0) is 4.79 Å². The molecular weight excluding hydrogens is 252 g/mol. The Morgan fingerprint density at radius 2 is 2.17 bits per heavy atom. The van der Waals surface area contributed by atoms with Gasteiger partial charge >= 0.3 is 0 Å². The van der Waals surface area contributed by atoms with Gasteiger partial charge in [-0.1, -0.05) is 13.0 Å². The van der Waals surface area contributed by atoms with Crippen LogP contribution >= 0.6 is 12.4 Å². The average Bonchev–Trinajstić information content (AvgIpc) is 2.29. The lowest BCUT2D eigenvalue weighted by atomic mass is 10.2. The Morgan fingerprint density at radius 1 is 1.50 bits per heavy atom. The number of benzene rings is 1. The second-order valence-electron chi connectivity index (χ2n) is 4.13. The molecule has 18 heavy (non-hydrogen) atoms. The number of aryl methyl sites for hydroxylation is 1. The Morgan fingerprint density at radius 3 is 2.72 bits per heavy atom. The van der Waals surface area contributed by atoms with E-state index in [0.717, 1.165) is 12.0 Å². The molecule has 1 rings (SSSR count). The lowest BCUT2D eigenvalue weighted by molar-refractivity contribution is -0.117. The molecule has 1 unspecified atom stereocenters. The summed E-state index contributed by atoms with van der Waals surface area (Å²) in [6, 6.07) is 5.14. The second-order valence-corrected chi connectivity index (χ2v) is 4.13. The third-order valence-electron chi connectivity index (χ3n) is 2.27. The van der Waals surface area contributed by atoms with E-state index in [2.05, 4.69) is 5.32 Å². The topological polar surface area (TPSA) is 64.3 Å². The van der Waals surface area contributed by atoms with Gasteiger partial charge in [0.05, 0.1) is 18.3 Å². The van der Waals surface area contributed by atoms with Crippen molar-refractivity contribution in [1.29, 1.82) is 0 Å². The Hall–Kier alpha value is -1.26. The Balaban J connectivity index is 0.00000289. The summed E-state index contributed by atoms with van der Waals surface area (Å²) in [7, 11) is 0. The van der Waals surface area contributed by atoms with E-state index in [1.807, 2.05) is 32.0 Å². The fourth-order valence-corrected chi connectivity index (χ4v) is 1.31. The molecule has 0 saturated carbocycles. The molecule has 0 aliphatic rings. The number of carbonyl (C=O) groups excluding carboxylic acids is 1. The quantitative estimate of drug-likeness (QED) is 0.866. The third-order valence-corrected chi connectivity index (χ3v) is 2.27. The average molecular weight is 273 g/mol. The highest BCUT2D eigenvalue weighted by Crippen LogP contribution is 2.26. The zero-order valence-corrected chi connectivity index (χ0v) is 11.8. The molecule has 5 heteroatoms. The van der Waals surface area contributed by atoms with Crippen molar-refractivity contribution in [3.8, 4) is 5.75 Å². The van der Waals surface area contributed by atoms with Crippen LogP contribution in [0.15, 0.2) is 18.2 Å². The van der Waals surface area contributed by atoms with Gasteiger partial charge in [0, 0.05) is 0 Å². The predicted octanol–water partition coefficient (Wildman–Crippen LogP) is 2.49. The minimum atomic E-state index is -0.532. The van der Waals surface area contributed by atoms with Gasteiger partial charge in [-0.2, -0.15) is 0 Å². The van der Waals surface area contributed by atoms with Crippen molar-refractivity contribution < 1.29 is 9.53 Å². The summed E-state index contributed by atoms with van der Waals surface area (Å²) in [4.78, 5) is 11.5. The van der Waals surface area contributed by atoms with Crippen LogP contribution in [0.25, 0.3) is 0 Å². The molecule has 4 nitrogen and oxygen atoms in total. The largest absolute Gasteiger partial charge is 0.491 e. The maximum Gasteiger partial charge on any atom is 0.241 e. The zero-order valence-electron chi connectivity index (χ0n) is 11.0. The minimum absolute atomic E-state index is 0. The summed E-state index contributed by atoms with van der Waals surface area (Å²) in [5.41, 5.74) is 7.28. The summed E-state index contributed by atoms with van der Waals surface area (Å²) in [5, 5.41) is 2.76. The van der Waals surface area contributed by atoms with Crippen molar-refractivity contribution in [2.75, 3.05) is 11.9 Å². The van der Waals surface area contributed by atoms with E-state index in [1.54, 1.807) is 6.92 Å². The van der Waals surface area contributed by atoms with Crippen LogP contribution in [0.5, 0.6) is 5.75 Å². The van der Waals surface area contributed by atoms with E-state index < -0.39 is 6.04 Å². The molecule has 3 N–H and O–H groups in total. The fourth-order valence-electron chi connectivity index (χ4n) is 1.31. The first-order valence-corrected chi connectivity index (χ1v) is 5.84. The van der Waals surface area contributed by atoms with Gasteiger partial charge in [0.2, 0.25) is 5.91 Å². The van der Waals surface area contributed by atoms with Crippen LogP contribution in [-0.4, -0.2) is 18.6 Å². The lowest BCUT2D eigenvalue weighted by Gasteiger charge is -2.14. The number of halogens is 1.